The summed E-state index contributed by atoms with van der Waals surface area (Å²) in [6.07, 6.45) is -3.49. The number of ketones is 1. The minimum atomic E-state index is -1.85. The van der Waals surface area contributed by atoms with Crippen molar-refractivity contribution in [2.24, 2.45) is 5.22 Å². The van der Waals surface area contributed by atoms with Gasteiger partial charge in [-0.3, -0.25) is 4.79 Å². The van der Waals surface area contributed by atoms with Gasteiger partial charge in [0.2, 0.25) is 5.78 Å². The van der Waals surface area contributed by atoms with Gasteiger partial charge in [0.1, 0.15) is 12.2 Å². The second-order valence-corrected chi connectivity index (χ2v) is 2.65. The Morgan fingerprint density at radius 1 is 1.40 bits per heavy atom. The summed E-state index contributed by atoms with van der Waals surface area (Å²) in [5.41, 5.74) is 9.87. The van der Waals surface area contributed by atoms with Crippen LogP contribution in [0.5, 0.6) is 0 Å². The average Bonchev–Trinajstić information content (AvgIpc) is 2.27. The fourth-order valence-corrected chi connectivity index (χ4v) is 0.786. The number of nitrogens with zero attached hydrogens (tertiary/aromatic N) is 3. The highest BCUT2D eigenvalue weighted by molar-refractivity contribution is 5.88. The number of carbonyl (C=O) groups is 1. The molecule has 0 aromatic heterocycles. The van der Waals surface area contributed by atoms with Gasteiger partial charge in [-0.25, -0.2) is 5.43 Å². The number of aliphatic hydroxyl groups excluding tert-OH is 4. The summed E-state index contributed by atoms with van der Waals surface area (Å²) in [4.78, 5) is 13.5. The van der Waals surface area contributed by atoms with Crippen LogP contribution in [0.2, 0.25) is 0 Å². The van der Waals surface area contributed by atoms with E-state index in [0.717, 1.165) is 0 Å². The van der Waals surface area contributed by atoms with Crippen LogP contribution in [0.4, 0.5) is 0 Å². The molecule has 0 bridgehead atoms. The van der Waals surface area contributed by atoms with E-state index in [1.807, 2.05) is 5.43 Å². The fraction of sp³-hybridized carbons (Fsp3) is 0.833. The van der Waals surface area contributed by atoms with Gasteiger partial charge in [-0.15, -0.1) is 5.53 Å². The predicted octanol–water partition coefficient (Wildman–Crippen LogP) is -2.55. The zero-order valence-corrected chi connectivity index (χ0v) is 7.69. The highest BCUT2D eigenvalue weighted by Crippen LogP contribution is 1.99. The number of carbonyl (C=O) groups excluding carboxylic acids is 1. The number of nitrogens with one attached hydrogen (secondary N) is 1. The smallest absolute Gasteiger partial charge is 0.210 e. The van der Waals surface area contributed by atoms with Crippen LogP contribution in [0.1, 0.15) is 0 Å². The van der Waals surface area contributed by atoms with E-state index < -0.39 is 37.2 Å². The van der Waals surface area contributed by atoms with Gasteiger partial charge in [0.15, 0.2) is 6.04 Å². The summed E-state index contributed by atoms with van der Waals surface area (Å²) in [6, 6.07) is -1.32. The Kier molecular flexibility index (Phi) is 6.34. The van der Waals surface area contributed by atoms with E-state index in [4.69, 9.17) is 26.0 Å². The summed E-state index contributed by atoms with van der Waals surface area (Å²) >= 11 is 0. The van der Waals surface area contributed by atoms with Crippen molar-refractivity contribution in [3.63, 3.8) is 0 Å². The lowest BCUT2D eigenvalue weighted by molar-refractivity contribution is -0.137. The van der Waals surface area contributed by atoms with Gasteiger partial charge >= 0.3 is 0 Å². The van der Waals surface area contributed by atoms with Crippen molar-refractivity contribution in [1.29, 1.82) is 0 Å². The Bertz CT molecular complexity index is 254. The Morgan fingerprint density at radius 3 is 2.40 bits per heavy atom. The quantitative estimate of drug-likeness (QED) is 0.137. The van der Waals surface area contributed by atoms with Crippen LogP contribution in [0.25, 0.3) is 10.4 Å². The van der Waals surface area contributed by atoms with E-state index >= 15 is 0 Å². The first-order chi connectivity index (χ1) is 7.08. The van der Waals surface area contributed by atoms with Gasteiger partial charge in [-0.2, -0.15) is 4.91 Å². The minimum absolute atomic E-state index is 0.715. The molecule has 0 saturated heterocycles. The van der Waals surface area contributed by atoms with Crippen molar-refractivity contribution in [2.45, 2.75) is 18.2 Å². The number of Topliss-reactive ketones (excluding diaryl/α,β-unsaturated/α-hetero) is 1. The molecule has 0 aliphatic heterocycles. The molecule has 5 N–H and O–H groups in total. The molecule has 0 aliphatic carbocycles. The van der Waals surface area contributed by atoms with Crippen LogP contribution in [-0.2, 0) is 4.79 Å². The van der Waals surface area contributed by atoms with E-state index in [-0.39, 0.29) is 0 Å². The third-order valence-corrected chi connectivity index (χ3v) is 1.63. The second kappa shape index (κ2) is 6.98. The Morgan fingerprint density at radius 2 is 2.00 bits per heavy atom. The zero-order chi connectivity index (χ0) is 11.8. The molecule has 0 saturated carbocycles. The summed E-state index contributed by atoms with van der Waals surface area (Å²) in [7, 11) is 0. The Labute approximate surface area is 84.6 Å². The summed E-state index contributed by atoms with van der Waals surface area (Å²) in [5.74, 6) is -0.980. The fourth-order valence-electron chi connectivity index (χ4n) is 0.786. The SMILES string of the molecule is [N-]=[N+]=NN[C@@H](CO)C(=O)[C@@H](O)[C@H](O)CO. The van der Waals surface area contributed by atoms with E-state index in [1.165, 1.54) is 0 Å². The first-order valence-corrected chi connectivity index (χ1v) is 3.99. The molecule has 0 heterocycles. The molecule has 0 rings (SSSR count). The summed E-state index contributed by atoms with van der Waals surface area (Å²) in [6.45, 7) is -1.51. The van der Waals surface area contributed by atoms with E-state index in [0.29, 0.717) is 0 Å². The maximum Gasteiger partial charge on any atom is 0.210 e. The second-order valence-electron chi connectivity index (χ2n) is 2.65. The van der Waals surface area contributed by atoms with E-state index in [1.54, 1.807) is 0 Å². The molecule has 0 spiro atoms. The number of aliphatic hydroxyl groups is 4. The van der Waals surface area contributed by atoms with Crippen molar-refractivity contribution in [2.75, 3.05) is 13.2 Å². The molecule has 0 aromatic rings. The summed E-state index contributed by atoms with van der Waals surface area (Å²) < 4.78 is 0. The van der Waals surface area contributed by atoms with Crippen molar-refractivity contribution < 1.29 is 25.2 Å². The van der Waals surface area contributed by atoms with Gasteiger partial charge in [0, 0.05) is 0 Å². The zero-order valence-electron chi connectivity index (χ0n) is 7.69. The lowest BCUT2D eigenvalue weighted by Gasteiger charge is -2.17. The third-order valence-electron chi connectivity index (χ3n) is 1.63. The topological polar surface area (TPSA) is 159 Å². The third kappa shape index (κ3) is 4.11. The molecule has 0 aromatic carbocycles. The van der Waals surface area contributed by atoms with E-state index in [9.17, 15) is 4.79 Å². The monoisotopic (exact) mass is 220 g/mol. The molecule has 86 valence electrons. The maximum atomic E-state index is 11.3. The molecule has 0 aliphatic rings. The molecule has 0 fully saturated rings. The molecule has 0 amide bonds. The average molecular weight is 220 g/mol. The van der Waals surface area contributed by atoms with E-state index in [2.05, 4.69) is 10.1 Å². The molecule has 15 heavy (non-hydrogen) atoms. The number of hydrogen-bond donors (Lipinski definition) is 5. The Hall–Kier alpha value is -1.38. The summed E-state index contributed by atoms with van der Waals surface area (Å²) in [5, 5.41) is 38.1. The molecular weight excluding hydrogens is 208 g/mol. The van der Waals surface area contributed by atoms with Crippen LogP contribution in [0.3, 0.4) is 0 Å². The van der Waals surface area contributed by atoms with Gasteiger partial charge in [0.05, 0.1) is 13.2 Å². The van der Waals surface area contributed by atoms with Crippen molar-refractivity contribution in [1.82, 2.24) is 5.43 Å². The standard InChI is InChI=1S/C6H12N4O5/c7-9-10-8-3(1-11)5(14)6(15)4(13)2-12/h3-4,6,8,11-13,15H,1-2H2/t3-,4+,6-/m0/s1. The van der Waals surface area contributed by atoms with Gasteiger partial charge in [-0.1, -0.05) is 0 Å². The molecule has 0 unspecified atom stereocenters. The number of azide groups is 1. The largest absolute Gasteiger partial charge is 0.394 e. The van der Waals surface area contributed by atoms with Crippen LogP contribution in [0.15, 0.2) is 5.22 Å². The molecule has 3 atom stereocenters. The normalized spacial score (nSPS) is 16.0. The molecular formula is C6H12N4O5. The minimum Gasteiger partial charge on any atom is -0.394 e. The van der Waals surface area contributed by atoms with Gasteiger partial charge < -0.3 is 20.4 Å². The highest BCUT2D eigenvalue weighted by Gasteiger charge is 2.31. The maximum absolute atomic E-state index is 11.3. The molecule has 9 heteroatoms. The first kappa shape index (κ1) is 13.6. The lowest BCUT2D eigenvalue weighted by Crippen LogP contribution is -2.48. The molecule has 0 radical (unpaired) electrons. The first-order valence-electron chi connectivity index (χ1n) is 3.99. The predicted molar refractivity (Wildman–Crippen MR) is 47.3 cm³/mol. The van der Waals surface area contributed by atoms with Gasteiger partial charge in [0.25, 0.3) is 0 Å². The molecule has 9 nitrogen and oxygen atoms in total. The van der Waals surface area contributed by atoms with Crippen molar-refractivity contribution in [3.8, 4) is 0 Å². The Balaban J connectivity index is 4.42. The van der Waals surface area contributed by atoms with Crippen molar-refractivity contribution >= 4 is 5.78 Å². The van der Waals surface area contributed by atoms with Gasteiger partial charge in [-0.05, 0) is 5.22 Å². The van der Waals surface area contributed by atoms with Crippen LogP contribution in [-0.4, -0.2) is 57.7 Å². The van der Waals surface area contributed by atoms with Crippen LogP contribution < -0.4 is 5.43 Å². The van der Waals surface area contributed by atoms with Crippen LogP contribution >= 0.6 is 0 Å². The van der Waals surface area contributed by atoms with Crippen molar-refractivity contribution in [3.05, 3.63) is 10.4 Å². The highest BCUT2D eigenvalue weighted by atomic mass is 16.4. The number of rotatable bonds is 7. The number of hydrogen-bond acceptors (Lipinski definition) is 6. The van der Waals surface area contributed by atoms with Crippen LogP contribution in [0, 0.1) is 0 Å². The lowest BCUT2D eigenvalue weighted by atomic mass is 10.0.